The molecule has 0 bridgehead atoms. The Morgan fingerprint density at radius 3 is 2.89 bits per heavy atom. The first kappa shape index (κ1) is 13.4. The van der Waals surface area contributed by atoms with E-state index in [-0.39, 0.29) is 5.91 Å². The zero-order valence-electron chi connectivity index (χ0n) is 10.3. The monoisotopic (exact) mass is 265 g/mol. The summed E-state index contributed by atoms with van der Waals surface area (Å²) in [6, 6.07) is 6.70. The number of para-hydroxylation sites is 2. The molecular formula is C13H15NO5. The summed E-state index contributed by atoms with van der Waals surface area (Å²) in [6.07, 6.45) is 1.13. The Kier molecular flexibility index (Phi) is 4.35. The molecule has 1 fully saturated rings. The number of aliphatic carboxylic acids is 1. The second kappa shape index (κ2) is 6.19. The van der Waals surface area contributed by atoms with Gasteiger partial charge in [-0.2, -0.15) is 0 Å². The van der Waals surface area contributed by atoms with Crippen LogP contribution in [0.15, 0.2) is 24.3 Å². The van der Waals surface area contributed by atoms with Crippen molar-refractivity contribution >= 4 is 17.6 Å². The molecule has 0 aliphatic carbocycles. The number of amides is 1. The van der Waals surface area contributed by atoms with Crippen LogP contribution in [0.1, 0.15) is 12.8 Å². The van der Waals surface area contributed by atoms with Crippen molar-refractivity contribution in [2.45, 2.75) is 18.9 Å². The number of carboxylic acid groups (broad SMARTS) is 1. The van der Waals surface area contributed by atoms with Crippen molar-refractivity contribution in [3.8, 4) is 5.75 Å². The van der Waals surface area contributed by atoms with Gasteiger partial charge in [0.15, 0.2) is 6.61 Å². The predicted molar refractivity (Wildman–Crippen MR) is 67.2 cm³/mol. The lowest BCUT2D eigenvalue weighted by atomic mass is 10.2. The van der Waals surface area contributed by atoms with E-state index < -0.39 is 18.7 Å². The molecule has 1 aromatic carbocycles. The topological polar surface area (TPSA) is 84.9 Å². The van der Waals surface area contributed by atoms with Gasteiger partial charge in [0.2, 0.25) is 0 Å². The van der Waals surface area contributed by atoms with Gasteiger partial charge in [0, 0.05) is 6.61 Å². The van der Waals surface area contributed by atoms with Gasteiger partial charge in [-0.3, -0.25) is 4.79 Å². The number of nitrogens with one attached hydrogen (secondary N) is 1. The molecule has 1 aliphatic heterocycles. The van der Waals surface area contributed by atoms with Crippen LogP contribution in [-0.2, 0) is 14.3 Å². The van der Waals surface area contributed by atoms with Gasteiger partial charge < -0.3 is 19.9 Å². The third-order valence-electron chi connectivity index (χ3n) is 2.72. The summed E-state index contributed by atoms with van der Waals surface area (Å²) in [5.41, 5.74) is 0.448. The first-order valence-corrected chi connectivity index (χ1v) is 6.03. The second-order valence-electron chi connectivity index (χ2n) is 4.17. The molecule has 0 radical (unpaired) electrons. The Balaban J connectivity index is 2.02. The van der Waals surface area contributed by atoms with E-state index >= 15 is 0 Å². The highest BCUT2D eigenvalue weighted by Crippen LogP contribution is 2.25. The number of carbonyl (C=O) groups is 2. The summed E-state index contributed by atoms with van der Waals surface area (Å²) in [6.45, 7) is 0.141. The Bertz CT molecular complexity index is 468. The van der Waals surface area contributed by atoms with Gasteiger partial charge in [-0.05, 0) is 25.0 Å². The van der Waals surface area contributed by atoms with Gasteiger partial charge in [-0.25, -0.2) is 4.79 Å². The van der Waals surface area contributed by atoms with Crippen LogP contribution in [0.25, 0.3) is 0 Å². The van der Waals surface area contributed by atoms with E-state index in [1.807, 2.05) is 0 Å². The smallest absolute Gasteiger partial charge is 0.341 e. The van der Waals surface area contributed by atoms with Gasteiger partial charge in [-0.15, -0.1) is 0 Å². The van der Waals surface area contributed by atoms with Gasteiger partial charge in [-0.1, -0.05) is 12.1 Å². The van der Waals surface area contributed by atoms with Gasteiger partial charge >= 0.3 is 5.97 Å². The zero-order chi connectivity index (χ0) is 13.7. The second-order valence-corrected chi connectivity index (χ2v) is 4.17. The zero-order valence-corrected chi connectivity index (χ0v) is 10.3. The Morgan fingerprint density at radius 1 is 1.42 bits per heavy atom. The van der Waals surface area contributed by atoms with Gasteiger partial charge in [0.1, 0.15) is 11.9 Å². The van der Waals surface area contributed by atoms with Crippen LogP contribution in [0.2, 0.25) is 0 Å². The lowest BCUT2D eigenvalue weighted by molar-refractivity contribution is -0.139. The summed E-state index contributed by atoms with van der Waals surface area (Å²) in [7, 11) is 0. The van der Waals surface area contributed by atoms with Crippen LogP contribution >= 0.6 is 0 Å². The molecule has 2 rings (SSSR count). The van der Waals surface area contributed by atoms with Crippen LogP contribution in [0, 0.1) is 0 Å². The van der Waals surface area contributed by atoms with Crippen molar-refractivity contribution in [3.05, 3.63) is 24.3 Å². The molecule has 1 aliphatic rings. The molecule has 1 saturated heterocycles. The molecule has 0 spiro atoms. The van der Waals surface area contributed by atoms with E-state index in [0.717, 1.165) is 6.42 Å². The molecular weight excluding hydrogens is 250 g/mol. The number of ether oxygens (including phenoxy) is 2. The number of hydrogen-bond acceptors (Lipinski definition) is 4. The molecule has 6 heteroatoms. The van der Waals surface area contributed by atoms with Crippen LogP contribution in [0.4, 0.5) is 5.69 Å². The van der Waals surface area contributed by atoms with Crippen molar-refractivity contribution in [3.63, 3.8) is 0 Å². The summed E-state index contributed by atoms with van der Waals surface area (Å²) in [5, 5.41) is 11.3. The van der Waals surface area contributed by atoms with E-state index in [2.05, 4.69) is 5.32 Å². The standard InChI is InChI=1S/C13H15NO5/c15-12(16)8-19-10-5-2-1-4-9(10)14-13(17)11-6-3-7-18-11/h1-2,4-5,11H,3,6-8H2,(H,14,17)(H,15,16)/t11-/m1/s1. The number of hydrogen-bond donors (Lipinski definition) is 2. The van der Waals surface area contributed by atoms with E-state index in [1.165, 1.54) is 0 Å². The van der Waals surface area contributed by atoms with Crippen LogP contribution in [0.3, 0.4) is 0 Å². The predicted octanol–water partition coefficient (Wildman–Crippen LogP) is 1.27. The molecule has 0 unspecified atom stereocenters. The minimum absolute atomic E-state index is 0.233. The number of rotatable bonds is 5. The third kappa shape index (κ3) is 3.69. The maximum atomic E-state index is 11.9. The number of anilines is 1. The van der Waals surface area contributed by atoms with Gasteiger partial charge in [0.05, 0.1) is 5.69 Å². The molecule has 0 saturated carbocycles. The summed E-state index contributed by atoms with van der Waals surface area (Å²) >= 11 is 0. The van der Waals surface area contributed by atoms with Crippen LogP contribution in [-0.4, -0.2) is 36.3 Å². The highest BCUT2D eigenvalue weighted by molar-refractivity contribution is 5.95. The molecule has 0 aromatic heterocycles. The minimum Gasteiger partial charge on any atom is -0.480 e. The Hall–Kier alpha value is -2.08. The molecule has 102 valence electrons. The van der Waals surface area contributed by atoms with E-state index in [4.69, 9.17) is 14.6 Å². The van der Waals surface area contributed by atoms with Crippen molar-refractivity contribution in [1.82, 2.24) is 0 Å². The number of carboxylic acids is 1. The number of carbonyl (C=O) groups excluding carboxylic acids is 1. The maximum Gasteiger partial charge on any atom is 0.341 e. The quantitative estimate of drug-likeness (QED) is 0.837. The maximum absolute atomic E-state index is 11.9. The van der Waals surface area contributed by atoms with Crippen molar-refractivity contribution in [2.75, 3.05) is 18.5 Å². The van der Waals surface area contributed by atoms with Crippen molar-refractivity contribution in [2.24, 2.45) is 0 Å². The van der Waals surface area contributed by atoms with E-state index in [1.54, 1.807) is 24.3 Å². The summed E-state index contributed by atoms with van der Waals surface area (Å²) in [5.74, 6) is -0.972. The van der Waals surface area contributed by atoms with Gasteiger partial charge in [0.25, 0.3) is 5.91 Å². The lowest BCUT2D eigenvalue weighted by Crippen LogP contribution is -2.27. The van der Waals surface area contributed by atoms with Crippen LogP contribution < -0.4 is 10.1 Å². The highest BCUT2D eigenvalue weighted by Gasteiger charge is 2.24. The normalized spacial score (nSPS) is 18.0. The summed E-state index contributed by atoms with van der Waals surface area (Å²) < 4.78 is 10.4. The fourth-order valence-corrected chi connectivity index (χ4v) is 1.83. The molecule has 1 atom stereocenters. The van der Waals surface area contributed by atoms with E-state index in [9.17, 15) is 9.59 Å². The molecule has 1 heterocycles. The molecule has 19 heavy (non-hydrogen) atoms. The average molecular weight is 265 g/mol. The fraction of sp³-hybridized carbons (Fsp3) is 0.385. The Labute approximate surface area is 110 Å². The first-order valence-electron chi connectivity index (χ1n) is 6.03. The highest BCUT2D eigenvalue weighted by atomic mass is 16.5. The third-order valence-corrected chi connectivity index (χ3v) is 2.72. The largest absolute Gasteiger partial charge is 0.480 e. The van der Waals surface area contributed by atoms with Crippen molar-refractivity contribution in [1.29, 1.82) is 0 Å². The van der Waals surface area contributed by atoms with Crippen LogP contribution in [0.5, 0.6) is 5.75 Å². The fourth-order valence-electron chi connectivity index (χ4n) is 1.83. The summed E-state index contributed by atoms with van der Waals surface area (Å²) in [4.78, 5) is 22.4. The lowest BCUT2D eigenvalue weighted by Gasteiger charge is -2.13. The minimum atomic E-state index is -1.07. The average Bonchev–Trinajstić information content (AvgIpc) is 2.91. The first-order chi connectivity index (χ1) is 9.16. The number of benzene rings is 1. The molecule has 2 N–H and O–H groups in total. The molecule has 1 aromatic rings. The van der Waals surface area contributed by atoms with E-state index in [0.29, 0.717) is 24.5 Å². The van der Waals surface area contributed by atoms with Crippen molar-refractivity contribution < 1.29 is 24.2 Å². The molecule has 1 amide bonds. The Morgan fingerprint density at radius 2 is 2.21 bits per heavy atom. The molecule has 6 nitrogen and oxygen atoms in total. The SMILES string of the molecule is O=C(O)COc1ccccc1NC(=O)[C@H]1CCCO1.